The van der Waals surface area contributed by atoms with E-state index < -0.39 is 5.76 Å². The van der Waals surface area contributed by atoms with Gasteiger partial charge in [-0.2, -0.15) is 0 Å². The molecule has 1 N–H and O–H groups in total. The Kier molecular flexibility index (Phi) is 3.99. The highest BCUT2D eigenvalue weighted by atomic mass is 32.2. The number of allylic oxidation sites excluding steroid dienone is 1. The third-order valence-electron chi connectivity index (χ3n) is 2.20. The number of hydrogen-bond donors (Lipinski definition) is 1. The molecule has 0 bridgehead atoms. The molecule has 0 aliphatic heterocycles. The number of pyridine rings is 1. The number of oxazole rings is 1. The zero-order chi connectivity index (χ0) is 13.0. The van der Waals surface area contributed by atoms with E-state index in [-0.39, 0.29) is 5.12 Å². The predicted molar refractivity (Wildman–Crippen MR) is 71.4 cm³/mol. The maximum absolute atomic E-state index is 10.9. The molecule has 0 atom stereocenters. The van der Waals surface area contributed by atoms with E-state index in [9.17, 15) is 9.59 Å². The van der Waals surface area contributed by atoms with Crippen molar-refractivity contribution in [3.63, 3.8) is 0 Å². The summed E-state index contributed by atoms with van der Waals surface area (Å²) in [6, 6.07) is 1.74. The van der Waals surface area contributed by atoms with Crippen molar-refractivity contribution in [1.82, 2.24) is 9.97 Å². The lowest BCUT2D eigenvalue weighted by molar-refractivity contribution is -0.109. The molecule has 0 radical (unpaired) electrons. The monoisotopic (exact) mass is 264 g/mol. The zero-order valence-corrected chi connectivity index (χ0v) is 10.6. The number of aromatic amines is 1. The summed E-state index contributed by atoms with van der Waals surface area (Å²) in [5.74, 6) is 0.261. The number of carbonyl (C=O) groups is 1. The van der Waals surface area contributed by atoms with Gasteiger partial charge in [-0.1, -0.05) is 23.9 Å². The van der Waals surface area contributed by atoms with Crippen molar-refractivity contribution < 1.29 is 9.21 Å². The number of hydrogen-bond acceptors (Lipinski definition) is 5. The Morgan fingerprint density at radius 3 is 3.22 bits per heavy atom. The van der Waals surface area contributed by atoms with Gasteiger partial charge in [0.25, 0.3) is 0 Å². The number of aromatic nitrogens is 2. The van der Waals surface area contributed by atoms with Gasteiger partial charge in [0.15, 0.2) is 16.3 Å². The van der Waals surface area contributed by atoms with Crippen molar-refractivity contribution >= 4 is 34.2 Å². The van der Waals surface area contributed by atoms with Crippen LogP contribution in [-0.4, -0.2) is 20.8 Å². The minimum absolute atomic E-state index is 0.126. The Morgan fingerprint density at radius 2 is 2.44 bits per heavy atom. The molecule has 0 saturated heterocycles. The molecule has 0 aliphatic rings. The molecule has 0 unspecified atom stereocenters. The largest absolute Gasteiger partial charge is 0.418 e. The van der Waals surface area contributed by atoms with Gasteiger partial charge >= 0.3 is 5.76 Å². The normalized spacial score (nSPS) is 11.4. The van der Waals surface area contributed by atoms with Crippen LogP contribution < -0.4 is 5.76 Å². The first-order chi connectivity index (χ1) is 8.65. The van der Waals surface area contributed by atoms with Crippen LogP contribution in [0.2, 0.25) is 0 Å². The van der Waals surface area contributed by atoms with Crippen LogP contribution in [0.4, 0.5) is 0 Å². The average Bonchev–Trinajstić information content (AvgIpc) is 2.67. The third-order valence-corrected chi connectivity index (χ3v) is 3.04. The number of thioether (sulfide) groups is 1. The van der Waals surface area contributed by atoms with Gasteiger partial charge in [0, 0.05) is 18.9 Å². The molecule has 2 aromatic rings. The molecule has 2 aromatic heterocycles. The SMILES string of the molecule is CC(=O)SCCC=Cc1cnc2[nH]c(=O)oc2c1. The average molecular weight is 264 g/mol. The first-order valence-electron chi connectivity index (χ1n) is 5.44. The number of rotatable bonds is 4. The molecule has 18 heavy (non-hydrogen) atoms. The van der Waals surface area contributed by atoms with Gasteiger partial charge in [-0.05, 0) is 18.1 Å². The maximum atomic E-state index is 10.9. The van der Waals surface area contributed by atoms with Crippen LogP contribution in [0.25, 0.3) is 17.3 Å². The van der Waals surface area contributed by atoms with E-state index in [0.717, 1.165) is 17.7 Å². The lowest BCUT2D eigenvalue weighted by Gasteiger charge is -1.93. The summed E-state index contributed by atoms with van der Waals surface area (Å²) in [6.07, 6.45) is 6.31. The van der Waals surface area contributed by atoms with Gasteiger partial charge in [0.2, 0.25) is 0 Å². The summed E-state index contributed by atoms with van der Waals surface area (Å²) in [7, 11) is 0. The van der Waals surface area contributed by atoms with Crippen molar-refractivity contribution in [2.24, 2.45) is 0 Å². The van der Waals surface area contributed by atoms with E-state index in [2.05, 4.69) is 9.97 Å². The first kappa shape index (κ1) is 12.6. The number of fused-ring (bicyclic) bond motifs is 1. The highest BCUT2D eigenvalue weighted by molar-refractivity contribution is 8.13. The molecule has 0 amide bonds. The van der Waals surface area contributed by atoms with E-state index in [1.807, 2.05) is 12.2 Å². The quantitative estimate of drug-likeness (QED) is 0.857. The predicted octanol–water partition coefficient (Wildman–Crippen LogP) is 2.20. The standard InChI is InChI=1S/C12H12N2O3S/c1-8(15)18-5-3-2-4-9-6-10-11(13-7-9)14-12(16)17-10/h2,4,6-7H,3,5H2,1H3,(H,13,14,16). The Balaban J connectivity index is 2.00. The van der Waals surface area contributed by atoms with Crippen molar-refractivity contribution in [1.29, 1.82) is 0 Å². The third kappa shape index (κ3) is 3.33. The molecule has 0 spiro atoms. The fourth-order valence-electron chi connectivity index (χ4n) is 1.43. The van der Waals surface area contributed by atoms with E-state index in [4.69, 9.17) is 4.42 Å². The second-order valence-electron chi connectivity index (χ2n) is 3.66. The molecule has 2 rings (SSSR count). The van der Waals surface area contributed by atoms with Gasteiger partial charge in [-0.25, -0.2) is 9.78 Å². The van der Waals surface area contributed by atoms with Crippen molar-refractivity contribution in [3.05, 3.63) is 34.5 Å². The maximum Gasteiger partial charge on any atom is 0.418 e. The minimum atomic E-state index is -0.503. The van der Waals surface area contributed by atoms with Crippen LogP contribution in [0.15, 0.2) is 27.6 Å². The van der Waals surface area contributed by atoms with Crippen LogP contribution in [0, 0.1) is 0 Å². The molecule has 0 aromatic carbocycles. The Hall–Kier alpha value is -1.82. The highest BCUT2D eigenvalue weighted by Crippen LogP contribution is 2.11. The fraction of sp³-hybridized carbons (Fsp3) is 0.250. The van der Waals surface area contributed by atoms with Crippen LogP contribution in [0.1, 0.15) is 18.9 Å². The van der Waals surface area contributed by atoms with Gasteiger partial charge in [-0.15, -0.1) is 0 Å². The first-order valence-corrected chi connectivity index (χ1v) is 6.42. The molecule has 0 aliphatic carbocycles. The van der Waals surface area contributed by atoms with Crippen LogP contribution in [0.3, 0.4) is 0 Å². The highest BCUT2D eigenvalue weighted by Gasteiger charge is 2.01. The summed E-state index contributed by atoms with van der Waals surface area (Å²) in [6.45, 7) is 1.56. The van der Waals surface area contributed by atoms with Gasteiger partial charge in [0.1, 0.15) is 0 Å². The second kappa shape index (κ2) is 5.68. The van der Waals surface area contributed by atoms with Crippen molar-refractivity contribution in [2.45, 2.75) is 13.3 Å². The molecule has 94 valence electrons. The minimum Gasteiger partial charge on any atom is -0.406 e. The van der Waals surface area contributed by atoms with E-state index in [1.165, 1.54) is 11.8 Å². The number of carbonyl (C=O) groups excluding carboxylic acids is 1. The van der Waals surface area contributed by atoms with E-state index in [0.29, 0.717) is 11.2 Å². The van der Waals surface area contributed by atoms with Gasteiger partial charge in [0.05, 0.1) is 0 Å². The molecular weight excluding hydrogens is 252 g/mol. The summed E-state index contributed by atoms with van der Waals surface area (Å²) in [5, 5.41) is 0.126. The smallest absolute Gasteiger partial charge is 0.406 e. The Morgan fingerprint density at radius 1 is 1.61 bits per heavy atom. The number of nitrogens with zero attached hydrogens (tertiary/aromatic N) is 1. The zero-order valence-electron chi connectivity index (χ0n) is 9.80. The second-order valence-corrected chi connectivity index (χ2v) is 4.93. The van der Waals surface area contributed by atoms with Crippen LogP contribution in [0.5, 0.6) is 0 Å². The summed E-state index contributed by atoms with van der Waals surface area (Å²) < 4.78 is 4.91. The number of H-pyrrole nitrogens is 1. The molecule has 0 saturated carbocycles. The molecule has 0 fully saturated rings. The van der Waals surface area contributed by atoms with Crippen molar-refractivity contribution in [3.8, 4) is 0 Å². The summed E-state index contributed by atoms with van der Waals surface area (Å²) in [5.41, 5.74) is 1.75. The molecule has 6 heteroatoms. The van der Waals surface area contributed by atoms with E-state index >= 15 is 0 Å². The summed E-state index contributed by atoms with van der Waals surface area (Å²) >= 11 is 1.30. The number of nitrogens with one attached hydrogen (secondary N) is 1. The van der Waals surface area contributed by atoms with Crippen molar-refractivity contribution in [2.75, 3.05) is 5.75 Å². The Bertz CT molecular complexity index is 642. The van der Waals surface area contributed by atoms with Crippen LogP contribution >= 0.6 is 11.8 Å². The Labute approximate surface area is 107 Å². The summed E-state index contributed by atoms with van der Waals surface area (Å²) in [4.78, 5) is 28.2. The topological polar surface area (TPSA) is 76.0 Å². The van der Waals surface area contributed by atoms with Gasteiger partial charge in [-0.3, -0.25) is 9.78 Å². The van der Waals surface area contributed by atoms with E-state index in [1.54, 1.807) is 19.2 Å². The molecule has 2 heterocycles. The lowest BCUT2D eigenvalue weighted by atomic mass is 10.2. The molecule has 5 nitrogen and oxygen atoms in total. The molecular formula is C12H12N2O3S. The fourth-order valence-corrected chi connectivity index (χ4v) is 1.98. The van der Waals surface area contributed by atoms with Crippen LogP contribution in [-0.2, 0) is 4.79 Å². The lowest BCUT2D eigenvalue weighted by Crippen LogP contribution is -1.93. The van der Waals surface area contributed by atoms with Gasteiger partial charge < -0.3 is 4.42 Å².